The second-order valence-electron chi connectivity index (χ2n) is 1.33. The summed E-state index contributed by atoms with van der Waals surface area (Å²) in [6, 6.07) is 0. The van der Waals surface area contributed by atoms with Crippen molar-refractivity contribution in [3.63, 3.8) is 0 Å². The number of halogens is 2. The summed E-state index contributed by atoms with van der Waals surface area (Å²) in [7, 11) is 0. The monoisotopic (exact) mass is 227 g/mol. The van der Waals surface area contributed by atoms with E-state index in [4.69, 9.17) is 16.7 Å². The van der Waals surface area contributed by atoms with Gasteiger partial charge in [-0.1, -0.05) is 11.6 Å². The molecule has 1 heterocycles. The van der Waals surface area contributed by atoms with Gasteiger partial charge in [-0.2, -0.15) is 0 Å². The highest BCUT2D eigenvalue weighted by Gasteiger charge is 2.03. The van der Waals surface area contributed by atoms with Crippen LogP contribution in [0.3, 0.4) is 0 Å². The van der Waals surface area contributed by atoms with Crippen molar-refractivity contribution in [2.45, 2.75) is 6.61 Å². The molecule has 9 heavy (non-hydrogen) atoms. The molecule has 2 nitrogen and oxygen atoms in total. The van der Waals surface area contributed by atoms with Crippen LogP contribution in [0.15, 0.2) is 4.60 Å². The molecule has 50 valence electrons. The van der Waals surface area contributed by atoms with E-state index in [9.17, 15) is 0 Å². The summed E-state index contributed by atoms with van der Waals surface area (Å²) in [5, 5.41) is 9.18. The molecule has 0 radical (unpaired) electrons. The number of thiazole rings is 1. The molecule has 1 N–H and O–H groups in total. The Morgan fingerprint density at radius 3 is 2.67 bits per heavy atom. The van der Waals surface area contributed by atoms with Gasteiger partial charge in [0.2, 0.25) is 0 Å². The van der Waals surface area contributed by atoms with Crippen LogP contribution in [0.1, 0.15) is 5.01 Å². The highest BCUT2D eigenvalue weighted by molar-refractivity contribution is 9.10. The number of rotatable bonds is 1. The molecule has 0 unspecified atom stereocenters. The molecule has 0 saturated heterocycles. The Kier molecular flexibility index (Phi) is 2.46. The fourth-order valence-electron chi connectivity index (χ4n) is 0.389. The molecule has 1 aromatic rings. The van der Waals surface area contributed by atoms with Gasteiger partial charge in [-0.05, 0) is 15.9 Å². The predicted molar refractivity (Wildman–Crippen MR) is 40.7 cm³/mol. The Bertz CT molecular complexity index is 195. The fourth-order valence-corrected chi connectivity index (χ4v) is 1.81. The van der Waals surface area contributed by atoms with Crippen LogP contribution in [0.25, 0.3) is 0 Å². The second kappa shape index (κ2) is 2.96. The molecule has 1 aromatic heterocycles. The molecule has 1 rings (SSSR count). The van der Waals surface area contributed by atoms with Crippen LogP contribution in [0, 0.1) is 0 Å². The van der Waals surface area contributed by atoms with E-state index in [1.807, 2.05) is 0 Å². The summed E-state index contributed by atoms with van der Waals surface area (Å²) < 4.78 is 1.19. The van der Waals surface area contributed by atoms with E-state index >= 15 is 0 Å². The summed E-state index contributed by atoms with van der Waals surface area (Å²) in [6.45, 7) is -0.0456. The zero-order chi connectivity index (χ0) is 6.85. The molecule has 0 aliphatic rings. The van der Waals surface area contributed by atoms with E-state index in [2.05, 4.69) is 20.9 Å². The van der Waals surface area contributed by atoms with Crippen LogP contribution in [0.4, 0.5) is 0 Å². The summed E-state index contributed by atoms with van der Waals surface area (Å²) in [5.41, 5.74) is 0. The maximum Gasteiger partial charge on any atom is 0.136 e. The topological polar surface area (TPSA) is 33.1 Å². The number of aromatic nitrogens is 1. The lowest BCUT2D eigenvalue weighted by Crippen LogP contribution is -1.76. The minimum Gasteiger partial charge on any atom is -0.389 e. The average molecular weight is 228 g/mol. The fraction of sp³-hybridized carbons (Fsp3) is 0.250. The number of aliphatic hydroxyl groups is 1. The van der Waals surface area contributed by atoms with Gasteiger partial charge in [0.15, 0.2) is 0 Å². The largest absolute Gasteiger partial charge is 0.389 e. The molecule has 0 spiro atoms. The third-order valence-corrected chi connectivity index (χ3v) is 3.03. The van der Waals surface area contributed by atoms with Crippen molar-refractivity contribution in [1.82, 2.24) is 4.98 Å². The highest BCUT2D eigenvalue weighted by atomic mass is 79.9. The molecule has 0 fully saturated rings. The van der Waals surface area contributed by atoms with E-state index in [1.165, 1.54) is 11.3 Å². The SMILES string of the molecule is OCc1nc(Br)c(Cl)s1. The molecule has 0 amide bonds. The molecule has 0 saturated carbocycles. The van der Waals surface area contributed by atoms with E-state index in [0.717, 1.165) is 0 Å². The van der Waals surface area contributed by atoms with Crippen molar-refractivity contribution in [2.24, 2.45) is 0 Å². The Morgan fingerprint density at radius 2 is 2.44 bits per heavy atom. The van der Waals surface area contributed by atoms with Gasteiger partial charge in [0.05, 0.1) is 6.61 Å². The highest BCUT2D eigenvalue weighted by Crippen LogP contribution is 2.28. The van der Waals surface area contributed by atoms with Crippen LogP contribution in [-0.2, 0) is 6.61 Å². The second-order valence-corrected chi connectivity index (χ2v) is 3.77. The number of hydrogen-bond donors (Lipinski definition) is 1. The van der Waals surface area contributed by atoms with Gasteiger partial charge in [0, 0.05) is 0 Å². The van der Waals surface area contributed by atoms with Gasteiger partial charge in [-0.15, -0.1) is 11.3 Å². The summed E-state index contributed by atoms with van der Waals surface area (Å²) >= 11 is 9.99. The summed E-state index contributed by atoms with van der Waals surface area (Å²) in [5.74, 6) is 0. The molecule has 0 bridgehead atoms. The van der Waals surface area contributed by atoms with Crippen LogP contribution in [0.5, 0.6) is 0 Å². The minimum atomic E-state index is -0.0456. The third-order valence-electron chi connectivity index (χ3n) is 0.728. The first-order valence-electron chi connectivity index (χ1n) is 2.15. The van der Waals surface area contributed by atoms with Crippen molar-refractivity contribution >= 4 is 38.9 Å². The lowest BCUT2D eigenvalue weighted by molar-refractivity contribution is 0.281. The van der Waals surface area contributed by atoms with Crippen LogP contribution in [-0.4, -0.2) is 10.1 Å². The molecule has 5 heteroatoms. The van der Waals surface area contributed by atoms with Crippen LogP contribution >= 0.6 is 38.9 Å². The van der Waals surface area contributed by atoms with E-state index < -0.39 is 0 Å². The third kappa shape index (κ3) is 1.64. The smallest absolute Gasteiger partial charge is 0.136 e. The van der Waals surface area contributed by atoms with Gasteiger partial charge < -0.3 is 5.11 Å². The molecular formula is C4H3BrClNOS. The minimum absolute atomic E-state index is 0.0456. The lowest BCUT2D eigenvalue weighted by Gasteiger charge is -1.78. The van der Waals surface area contributed by atoms with Crippen molar-refractivity contribution in [2.75, 3.05) is 0 Å². The quantitative estimate of drug-likeness (QED) is 0.798. The maximum absolute atomic E-state index is 8.54. The lowest BCUT2D eigenvalue weighted by atomic mass is 10.8. The predicted octanol–water partition coefficient (Wildman–Crippen LogP) is 2.05. The van der Waals surface area contributed by atoms with E-state index in [-0.39, 0.29) is 6.61 Å². The molecule has 0 aromatic carbocycles. The van der Waals surface area contributed by atoms with Gasteiger partial charge in [0.1, 0.15) is 13.9 Å². The zero-order valence-electron chi connectivity index (χ0n) is 4.27. The standard InChI is InChI=1S/C4H3BrClNOS/c5-3-4(6)9-2(1-8)7-3/h8H,1H2. The van der Waals surface area contributed by atoms with Gasteiger partial charge in [-0.25, -0.2) is 4.98 Å². The first-order valence-corrected chi connectivity index (χ1v) is 4.14. The van der Waals surface area contributed by atoms with Gasteiger partial charge >= 0.3 is 0 Å². The molecule has 0 atom stereocenters. The van der Waals surface area contributed by atoms with Gasteiger partial charge in [-0.3, -0.25) is 0 Å². The zero-order valence-corrected chi connectivity index (χ0v) is 7.42. The molecule has 0 aliphatic heterocycles. The first-order chi connectivity index (χ1) is 4.24. The van der Waals surface area contributed by atoms with Gasteiger partial charge in [0.25, 0.3) is 0 Å². The Balaban J connectivity index is 2.98. The average Bonchev–Trinajstić information content (AvgIpc) is 2.13. The first kappa shape index (κ1) is 7.47. The molecular weight excluding hydrogens is 225 g/mol. The van der Waals surface area contributed by atoms with E-state index in [0.29, 0.717) is 13.9 Å². The van der Waals surface area contributed by atoms with Crippen molar-refractivity contribution in [3.8, 4) is 0 Å². The Labute approximate surface area is 69.6 Å². The van der Waals surface area contributed by atoms with Crippen LogP contribution < -0.4 is 0 Å². The number of nitrogens with zero attached hydrogens (tertiary/aromatic N) is 1. The normalized spacial score (nSPS) is 10.1. The Morgan fingerprint density at radius 1 is 1.78 bits per heavy atom. The van der Waals surface area contributed by atoms with E-state index in [1.54, 1.807) is 0 Å². The summed E-state index contributed by atoms with van der Waals surface area (Å²) in [4.78, 5) is 3.88. The van der Waals surface area contributed by atoms with Crippen molar-refractivity contribution < 1.29 is 5.11 Å². The number of aliphatic hydroxyl groups excluding tert-OH is 1. The van der Waals surface area contributed by atoms with Crippen molar-refractivity contribution in [3.05, 3.63) is 13.9 Å². The Hall–Kier alpha value is 0.360. The number of hydrogen-bond acceptors (Lipinski definition) is 3. The summed E-state index contributed by atoms with van der Waals surface area (Å²) in [6.07, 6.45) is 0. The maximum atomic E-state index is 8.54. The molecule has 0 aliphatic carbocycles. The van der Waals surface area contributed by atoms with Crippen LogP contribution in [0.2, 0.25) is 4.34 Å². The van der Waals surface area contributed by atoms with Crippen molar-refractivity contribution in [1.29, 1.82) is 0 Å².